The maximum atomic E-state index is 13.6. The van der Waals surface area contributed by atoms with E-state index in [1.807, 2.05) is 36.1 Å². The lowest BCUT2D eigenvalue weighted by Crippen LogP contribution is -2.37. The number of anilines is 2. The van der Waals surface area contributed by atoms with Crippen molar-refractivity contribution in [3.63, 3.8) is 0 Å². The molecule has 3 nitrogen and oxygen atoms in total. The van der Waals surface area contributed by atoms with Crippen molar-refractivity contribution < 1.29 is 18.0 Å². The first-order chi connectivity index (χ1) is 11.0. The third kappa shape index (κ3) is 2.88. The van der Waals surface area contributed by atoms with Crippen molar-refractivity contribution >= 4 is 17.3 Å². The molecule has 3 rings (SSSR count). The molecule has 6 heteroatoms. The standard InChI is InChI=1S/C17H15F3N2O/c1-10-8-11-4-2-3-5-14(11)22(10)9-15(23)21-13-7-6-12(18)16(19)17(13)20/h2-7,10H,8-9H2,1H3,(H,21,23). The zero-order chi connectivity index (χ0) is 16.6. The number of carbonyl (C=O) groups excluding carboxylic acids is 1. The van der Waals surface area contributed by atoms with Crippen LogP contribution < -0.4 is 10.2 Å². The van der Waals surface area contributed by atoms with Gasteiger partial charge in [0, 0.05) is 11.7 Å². The van der Waals surface area contributed by atoms with Gasteiger partial charge in [0.25, 0.3) is 0 Å². The van der Waals surface area contributed by atoms with Gasteiger partial charge in [-0.1, -0.05) is 18.2 Å². The van der Waals surface area contributed by atoms with Crippen molar-refractivity contribution in [2.75, 3.05) is 16.8 Å². The quantitative estimate of drug-likeness (QED) is 0.878. The fraction of sp³-hybridized carbons (Fsp3) is 0.235. The van der Waals surface area contributed by atoms with Crippen LogP contribution in [0.25, 0.3) is 0 Å². The van der Waals surface area contributed by atoms with E-state index in [0.717, 1.165) is 29.8 Å². The topological polar surface area (TPSA) is 32.3 Å². The van der Waals surface area contributed by atoms with Crippen LogP contribution in [0, 0.1) is 17.5 Å². The SMILES string of the molecule is CC1Cc2ccccc2N1CC(=O)Nc1ccc(F)c(F)c1F. The van der Waals surface area contributed by atoms with Gasteiger partial charge in [-0.15, -0.1) is 0 Å². The maximum Gasteiger partial charge on any atom is 0.243 e. The van der Waals surface area contributed by atoms with Crippen LogP contribution in [-0.4, -0.2) is 18.5 Å². The Morgan fingerprint density at radius 1 is 1.17 bits per heavy atom. The van der Waals surface area contributed by atoms with Gasteiger partial charge >= 0.3 is 0 Å². The second kappa shape index (κ2) is 5.95. The predicted octanol–water partition coefficient (Wildman–Crippen LogP) is 3.49. The average molecular weight is 320 g/mol. The monoisotopic (exact) mass is 320 g/mol. The second-order valence-electron chi connectivity index (χ2n) is 5.58. The fourth-order valence-electron chi connectivity index (χ4n) is 2.84. The predicted molar refractivity (Wildman–Crippen MR) is 81.9 cm³/mol. The van der Waals surface area contributed by atoms with Crippen LogP contribution >= 0.6 is 0 Å². The number of halogens is 3. The molecule has 1 N–H and O–H groups in total. The Kier molecular flexibility index (Phi) is 3.98. The maximum absolute atomic E-state index is 13.6. The highest BCUT2D eigenvalue weighted by molar-refractivity contribution is 5.94. The van der Waals surface area contributed by atoms with Gasteiger partial charge in [0.05, 0.1) is 12.2 Å². The summed E-state index contributed by atoms with van der Waals surface area (Å²) in [6.07, 6.45) is 0.822. The summed E-state index contributed by atoms with van der Waals surface area (Å²) in [5.41, 5.74) is 1.74. The highest BCUT2D eigenvalue weighted by Gasteiger charge is 2.27. The van der Waals surface area contributed by atoms with Crippen LogP contribution in [0.1, 0.15) is 12.5 Å². The summed E-state index contributed by atoms with van der Waals surface area (Å²) in [6, 6.07) is 9.66. The fourth-order valence-corrected chi connectivity index (χ4v) is 2.84. The minimum atomic E-state index is -1.59. The summed E-state index contributed by atoms with van der Waals surface area (Å²) in [4.78, 5) is 14.0. The molecule has 0 aromatic heterocycles. The van der Waals surface area contributed by atoms with Gasteiger partial charge in [-0.3, -0.25) is 4.79 Å². The number of hydrogen-bond acceptors (Lipinski definition) is 2. The van der Waals surface area contributed by atoms with Gasteiger partial charge in [0.2, 0.25) is 5.91 Å². The summed E-state index contributed by atoms with van der Waals surface area (Å²) >= 11 is 0. The molecule has 0 spiro atoms. The first-order valence-electron chi connectivity index (χ1n) is 7.25. The summed E-state index contributed by atoms with van der Waals surface area (Å²) in [7, 11) is 0. The molecular weight excluding hydrogens is 305 g/mol. The molecule has 0 radical (unpaired) electrons. The normalized spacial score (nSPS) is 16.3. The van der Waals surface area contributed by atoms with E-state index < -0.39 is 23.4 Å². The first kappa shape index (κ1) is 15.4. The summed E-state index contributed by atoms with van der Waals surface area (Å²) in [6.45, 7) is 2.00. The van der Waals surface area contributed by atoms with E-state index in [0.29, 0.717) is 0 Å². The van der Waals surface area contributed by atoms with Gasteiger partial charge in [0.15, 0.2) is 17.5 Å². The van der Waals surface area contributed by atoms with Crippen molar-refractivity contribution in [2.45, 2.75) is 19.4 Å². The lowest BCUT2D eigenvalue weighted by molar-refractivity contribution is -0.115. The number of benzene rings is 2. The lowest BCUT2D eigenvalue weighted by Gasteiger charge is -2.24. The number of nitrogens with one attached hydrogen (secondary N) is 1. The molecule has 1 atom stereocenters. The molecule has 0 bridgehead atoms. The van der Waals surface area contributed by atoms with Crippen LogP contribution in [0.4, 0.5) is 24.5 Å². The molecule has 0 saturated heterocycles. The van der Waals surface area contributed by atoms with Gasteiger partial charge in [-0.25, -0.2) is 13.2 Å². The minimum absolute atomic E-state index is 0.0105. The van der Waals surface area contributed by atoms with Crippen LogP contribution in [-0.2, 0) is 11.2 Å². The Balaban J connectivity index is 1.75. The Morgan fingerprint density at radius 2 is 1.91 bits per heavy atom. The van der Waals surface area contributed by atoms with Crippen molar-refractivity contribution in [3.8, 4) is 0 Å². The number of fused-ring (bicyclic) bond motifs is 1. The Morgan fingerprint density at radius 3 is 2.70 bits per heavy atom. The van der Waals surface area contributed by atoms with E-state index in [4.69, 9.17) is 0 Å². The van der Waals surface area contributed by atoms with Gasteiger partial charge < -0.3 is 10.2 Å². The molecule has 2 aromatic rings. The van der Waals surface area contributed by atoms with Gasteiger partial charge in [0.1, 0.15) is 0 Å². The lowest BCUT2D eigenvalue weighted by atomic mass is 10.1. The van der Waals surface area contributed by atoms with Crippen LogP contribution in [0.15, 0.2) is 36.4 Å². The molecule has 1 heterocycles. The summed E-state index contributed by atoms with van der Waals surface area (Å²) in [5, 5.41) is 2.29. The first-order valence-corrected chi connectivity index (χ1v) is 7.25. The van der Waals surface area contributed by atoms with Crippen LogP contribution in [0.2, 0.25) is 0 Å². The van der Waals surface area contributed by atoms with E-state index in [1.165, 1.54) is 0 Å². The van der Waals surface area contributed by atoms with Gasteiger partial charge in [-0.2, -0.15) is 0 Å². The second-order valence-corrected chi connectivity index (χ2v) is 5.58. The van der Waals surface area contributed by atoms with E-state index in [-0.39, 0.29) is 18.3 Å². The Bertz CT molecular complexity index is 763. The largest absolute Gasteiger partial charge is 0.359 e. The van der Waals surface area contributed by atoms with E-state index in [1.54, 1.807) is 0 Å². The molecule has 0 aliphatic carbocycles. The number of rotatable bonds is 3. The van der Waals surface area contributed by atoms with Crippen LogP contribution in [0.3, 0.4) is 0 Å². The smallest absolute Gasteiger partial charge is 0.243 e. The number of amides is 1. The Labute approximate surface area is 131 Å². The van der Waals surface area contributed by atoms with Crippen molar-refractivity contribution in [3.05, 3.63) is 59.4 Å². The third-order valence-corrected chi connectivity index (χ3v) is 3.97. The highest BCUT2D eigenvalue weighted by atomic mass is 19.2. The average Bonchev–Trinajstić information content (AvgIpc) is 2.84. The molecule has 1 aliphatic rings. The molecule has 23 heavy (non-hydrogen) atoms. The molecule has 1 amide bonds. The number of para-hydroxylation sites is 1. The van der Waals surface area contributed by atoms with E-state index >= 15 is 0 Å². The molecular formula is C17H15F3N2O. The van der Waals surface area contributed by atoms with Crippen LogP contribution in [0.5, 0.6) is 0 Å². The van der Waals surface area contributed by atoms with Crippen molar-refractivity contribution in [1.29, 1.82) is 0 Å². The van der Waals surface area contributed by atoms with E-state index in [2.05, 4.69) is 5.32 Å². The molecule has 120 valence electrons. The van der Waals surface area contributed by atoms with Gasteiger partial charge in [-0.05, 0) is 37.1 Å². The zero-order valence-corrected chi connectivity index (χ0v) is 12.4. The molecule has 1 aliphatic heterocycles. The number of hydrogen-bond donors (Lipinski definition) is 1. The van der Waals surface area contributed by atoms with Crippen molar-refractivity contribution in [2.24, 2.45) is 0 Å². The molecule has 1 unspecified atom stereocenters. The van der Waals surface area contributed by atoms with Crippen molar-refractivity contribution in [1.82, 2.24) is 0 Å². The summed E-state index contributed by atoms with van der Waals surface area (Å²) in [5.74, 6) is -4.77. The summed E-state index contributed by atoms with van der Waals surface area (Å²) < 4.78 is 39.7. The minimum Gasteiger partial charge on any atom is -0.359 e. The molecule has 0 saturated carbocycles. The Hall–Kier alpha value is -2.50. The molecule has 2 aromatic carbocycles. The zero-order valence-electron chi connectivity index (χ0n) is 12.4. The number of carbonyl (C=O) groups is 1. The third-order valence-electron chi connectivity index (χ3n) is 3.97. The highest BCUT2D eigenvalue weighted by Crippen LogP contribution is 2.31. The van der Waals surface area contributed by atoms with E-state index in [9.17, 15) is 18.0 Å². The molecule has 0 fully saturated rings. The number of nitrogens with zero attached hydrogens (tertiary/aromatic N) is 1.